The number of aromatic nitrogens is 1. The predicted molar refractivity (Wildman–Crippen MR) is 162 cm³/mol. The Morgan fingerprint density at radius 1 is 1.02 bits per heavy atom. The van der Waals surface area contributed by atoms with E-state index in [1.807, 2.05) is 30.0 Å². The van der Waals surface area contributed by atoms with E-state index < -0.39 is 18.1 Å². The van der Waals surface area contributed by atoms with Gasteiger partial charge in [-0.2, -0.15) is 5.26 Å². The highest BCUT2D eigenvalue weighted by atomic mass is 19.1. The van der Waals surface area contributed by atoms with Gasteiger partial charge in [-0.15, -0.1) is 0 Å². The molecule has 2 atom stereocenters. The van der Waals surface area contributed by atoms with Crippen molar-refractivity contribution in [1.82, 2.24) is 20.1 Å². The molecule has 1 aromatic heterocycles. The number of Topliss-reactive ketones (excluding diaryl/α,β-unsaturated/α-hetero) is 1. The molecule has 2 amide bonds. The number of ketones is 1. The monoisotopic (exact) mass is 597 g/mol. The van der Waals surface area contributed by atoms with Crippen LogP contribution in [0.4, 0.5) is 4.39 Å². The molecule has 0 spiro atoms. The van der Waals surface area contributed by atoms with Gasteiger partial charge in [0.1, 0.15) is 17.6 Å². The highest BCUT2D eigenvalue weighted by molar-refractivity contribution is 5.99. The predicted octanol–water partition coefficient (Wildman–Crippen LogP) is 4.35. The van der Waals surface area contributed by atoms with Crippen molar-refractivity contribution in [3.05, 3.63) is 94.3 Å². The Morgan fingerprint density at radius 2 is 1.75 bits per heavy atom. The van der Waals surface area contributed by atoms with E-state index >= 15 is 4.39 Å². The molecule has 228 valence electrons. The molecule has 5 rings (SSSR count). The molecule has 3 heterocycles. The molecule has 0 radical (unpaired) electrons. The zero-order chi connectivity index (χ0) is 31.2. The van der Waals surface area contributed by atoms with E-state index in [0.717, 1.165) is 11.1 Å². The van der Waals surface area contributed by atoms with E-state index in [1.165, 1.54) is 18.3 Å². The summed E-state index contributed by atoms with van der Waals surface area (Å²) in [7, 11) is 1.58. The molecule has 0 aliphatic carbocycles. The number of hydrogen-bond donors (Lipinski definition) is 1. The van der Waals surface area contributed by atoms with E-state index in [4.69, 9.17) is 4.74 Å². The minimum absolute atomic E-state index is 0.0647. The van der Waals surface area contributed by atoms with Gasteiger partial charge in [0.15, 0.2) is 5.78 Å². The van der Waals surface area contributed by atoms with Crippen molar-refractivity contribution in [2.45, 2.75) is 44.9 Å². The van der Waals surface area contributed by atoms with Crippen LogP contribution in [-0.2, 0) is 6.54 Å². The Hall–Kier alpha value is -4.62. The number of carbonyl (C=O) groups is 3. The zero-order valence-corrected chi connectivity index (χ0v) is 25.0. The van der Waals surface area contributed by atoms with Crippen molar-refractivity contribution in [2.24, 2.45) is 5.92 Å². The quantitative estimate of drug-likeness (QED) is 0.384. The Kier molecular flexibility index (Phi) is 9.65. The van der Waals surface area contributed by atoms with Crippen LogP contribution in [0.5, 0.6) is 5.75 Å². The number of carbonyl (C=O) groups excluding carboxylic acids is 3. The number of rotatable bonds is 8. The zero-order valence-electron chi connectivity index (χ0n) is 25.0. The molecule has 2 aliphatic rings. The van der Waals surface area contributed by atoms with E-state index in [9.17, 15) is 19.6 Å². The average molecular weight is 598 g/mol. The minimum Gasteiger partial charge on any atom is -0.497 e. The highest BCUT2D eigenvalue weighted by Crippen LogP contribution is 2.24. The number of aryl methyl sites for hydroxylation is 1. The van der Waals surface area contributed by atoms with Gasteiger partial charge < -0.3 is 15.0 Å². The molecule has 44 heavy (non-hydrogen) atoms. The summed E-state index contributed by atoms with van der Waals surface area (Å²) < 4.78 is 20.2. The van der Waals surface area contributed by atoms with Crippen LogP contribution in [0, 0.1) is 24.2 Å². The number of methoxy groups -OCH3 is 1. The average Bonchev–Trinajstić information content (AvgIpc) is 3.06. The molecule has 2 aromatic carbocycles. The molecule has 2 fully saturated rings. The molecule has 0 unspecified atom stereocenters. The van der Waals surface area contributed by atoms with E-state index in [2.05, 4.69) is 16.4 Å². The molecule has 1 N–H and O–H groups in total. The molecule has 0 bridgehead atoms. The Morgan fingerprint density at radius 3 is 2.39 bits per heavy atom. The Labute approximate surface area is 256 Å². The van der Waals surface area contributed by atoms with Crippen LogP contribution in [0.1, 0.15) is 67.2 Å². The second-order valence-corrected chi connectivity index (χ2v) is 11.5. The molecular formula is C34H36FN5O4. The van der Waals surface area contributed by atoms with Crippen LogP contribution in [-0.4, -0.2) is 77.9 Å². The second-order valence-electron chi connectivity index (χ2n) is 11.5. The van der Waals surface area contributed by atoms with E-state index in [0.29, 0.717) is 62.3 Å². The Balaban J connectivity index is 1.09. The van der Waals surface area contributed by atoms with Gasteiger partial charge in [0.05, 0.1) is 30.3 Å². The molecule has 10 heteroatoms. The summed E-state index contributed by atoms with van der Waals surface area (Å²) in [5.74, 6) is -0.0880. The summed E-state index contributed by atoms with van der Waals surface area (Å²) >= 11 is 0. The van der Waals surface area contributed by atoms with E-state index in [-0.39, 0.29) is 35.4 Å². The third-order valence-electron chi connectivity index (χ3n) is 8.54. The summed E-state index contributed by atoms with van der Waals surface area (Å²) in [6, 6.07) is 17.3. The fourth-order valence-corrected chi connectivity index (χ4v) is 5.82. The number of likely N-dealkylation sites (tertiary alicyclic amines) is 2. The van der Waals surface area contributed by atoms with Crippen LogP contribution in [0.2, 0.25) is 0 Å². The molecule has 0 saturated carbocycles. The lowest BCUT2D eigenvalue weighted by molar-refractivity contribution is 0.0645. The number of hydrogen-bond acceptors (Lipinski definition) is 7. The van der Waals surface area contributed by atoms with Gasteiger partial charge >= 0.3 is 0 Å². The SMILES string of the molecule is COc1ccc(C(=O)C2CCN(C(=O)c3ccc(C(=O)N[C@@H]4CCN(Cc5ccc(C)c(C#N)c5)C[C@H]4F)cn3)CC2)cc1. The van der Waals surface area contributed by atoms with Crippen molar-refractivity contribution >= 4 is 17.6 Å². The van der Waals surface area contributed by atoms with Gasteiger partial charge in [0, 0.05) is 50.4 Å². The number of halogens is 1. The lowest BCUT2D eigenvalue weighted by atomic mass is 9.88. The van der Waals surface area contributed by atoms with Crippen LogP contribution in [0.15, 0.2) is 60.8 Å². The molecule has 9 nitrogen and oxygen atoms in total. The number of nitriles is 1. The fourth-order valence-electron chi connectivity index (χ4n) is 5.82. The number of benzene rings is 2. The first-order valence-corrected chi connectivity index (χ1v) is 14.9. The summed E-state index contributed by atoms with van der Waals surface area (Å²) in [5.41, 5.74) is 3.58. The third kappa shape index (κ3) is 7.12. The number of amides is 2. The van der Waals surface area contributed by atoms with Crippen LogP contribution in [0.25, 0.3) is 0 Å². The maximum atomic E-state index is 15.1. The normalized spacial score (nSPS) is 19.2. The number of pyridine rings is 1. The molecule has 2 saturated heterocycles. The second kappa shape index (κ2) is 13.8. The summed E-state index contributed by atoms with van der Waals surface area (Å²) in [6.45, 7) is 4.08. The molecule has 3 aromatic rings. The maximum absolute atomic E-state index is 15.1. The minimum atomic E-state index is -1.25. The first-order chi connectivity index (χ1) is 21.2. The number of piperidine rings is 2. The van der Waals surface area contributed by atoms with Gasteiger partial charge in [-0.1, -0.05) is 12.1 Å². The lowest BCUT2D eigenvalue weighted by Crippen LogP contribution is -2.52. The fraction of sp³-hybridized carbons (Fsp3) is 0.382. The van der Waals surface area contributed by atoms with Crippen LogP contribution in [0.3, 0.4) is 0 Å². The van der Waals surface area contributed by atoms with Crippen molar-refractivity contribution < 1.29 is 23.5 Å². The van der Waals surface area contributed by atoms with Crippen molar-refractivity contribution in [3.63, 3.8) is 0 Å². The van der Waals surface area contributed by atoms with Gasteiger partial charge in [-0.05, 0) is 79.8 Å². The molecular weight excluding hydrogens is 561 g/mol. The maximum Gasteiger partial charge on any atom is 0.272 e. The standard InChI is InChI=1S/C34H36FN5O4/c1-22-3-4-23(17-27(22)18-36)20-39-14-13-30(29(35)21-39)38-33(42)26-7-10-31(37-19-26)34(43)40-15-11-25(12-16-40)32(41)24-5-8-28(44-2)9-6-24/h3-10,17,19,25,29-30H,11-16,20-21H2,1-2H3,(H,38,42)/t29-,30-/m1/s1. The van der Waals surface area contributed by atoms with Gasteiger partial charge in [0.25, 0.3) is 11.8 Å². The molecule has 2 aliphatic heterocycles. The number of ether oxygens (including phenoxy) is 1. The van der Waals surface area contributed by atoms with E-state index in [1.54, 1.807) is 36.3 Å². The first-order valence-electron chi connectivity index (χ1n) is 14.9. The van der Waals surface area contributed by atoms with Crippen molar-refractivity contribution in [3.8, 4) is 11.8 Å². The van der Waals surface area contributed by atoms with Crippen molar-refractivity contribution in [2.75, 3.05) is 33.3 Å². The van der Waals surface area contributed by atoms with Crippen LogP contribution < -0.4 is 10.1 Å². The number of alkyl halides is 1. The van der Waals surface area contributed by atoms with Gasteiger partial charge in [0.2, 0.25) is 0 Å². The van der Waals surface area contributed by atoms with Gasteiger partial charge in [-0.25, -0.2) is 4.39 Å². The summed E-state index contributed by atoms with van der Waals surface area (Å²) in [4.78, 5) is 46.7. The lowest BCUT2D eigenvalue weighted by Gasteiger charge is -2.35. The largest absolute Gasteiger partial charge is 0.497 e. The van der Waals surface area contributed by atoms with Gasteiger partial charge in [-0.3, -0.25) is 24.3 Å². The number of nitrogens with zero attached hydrogens (tertiary/aromatic N) is 4. The first kappa shape index (κ1) is 30.8. The Bertz CT molecular complexity index is 1550. The number of nitrogens with one attached hydrogen (secondary N) is 1. The third-order valence-corrected chi connectivity index (χ3v) is 8.54. The van der Waals surface area contributed by atoms with Crippen molar-refractivity contribution in [1.29, 1.82) is 5.26 Å². The highest BCUT2D eigenvalue weighted by Gasteiger charge is 2.31. The smallest absolute Gasteiger partial charge is 0.272 e. The summed E-state index contributed by atoms with van der Waals surface area (Å²) in [6.07, 6.45) is 1.67. The van der Waals surface area contributed by atoms with Crippen LogP contribution >= 0.6 is 0 Å². The summed E-state index contributed by atoms with van der Waals surface area (Å²) in [5, 5.41) is 12.1. The topological polar surface area (TPSA) is 116 Å².